The third kappa shape index (κ3) is 56.8. The van der Waals surface area contributed by atoms with Crippen molar-refractivity contribution in [3.8, 4) is 5.75 Å². The topological polar surface area (TPSA) is 107 Å². The first kappa shape index (κ1) is 108. The van der Waals surface area contributed by atoms with Crippen LogP contribution in [0.1, 0.15) is 253 Å². The van der Waals surface area contributed by atoms with Crippen LogP contribution in [0.4, 0.5) is 0 Å². The summed E-state index contributed by atoms with van der Waals surface area (Å²) in [6, 6.07) is 79.6. The molecule has 0 aliphatic heterocycles. The molecule has 10 rings (SSSR count). The molecule has 642 valence electrons. The van der Waals surface area contributed by atoms with Crippen LogP contribution >= 0.6 is 35.3 Å². The molecule has 0 unspecified atom stereocenters. The zero-order valence-electron chi connectivity index (χ0n) is 77.8. The summed E-state index contributed by atoms with van der Waals surface area (Å²) < 4.78 is 18.2. The highest BCUT2D eigenvalue weighted by Crippen LogP contribution is 2.23. The second kappa shape index (κ2) is 61.8. The molecule has 118 heavy (non-hydrogen) atoms. The van der Waals surface area contributed by atoms with Gasteiger partial charge < -0.3 is 24.8 Å². The van der Waals surface area contributed by atoms with Gasteiger partial charge in [0.25, 0.3) is 5.91 Å². The van der Waals surface area contributed by atoms with Crippen LogP contribution in [0.25, 0.3) is 0 Å². The summed E-state index contributed by atoms with van der Waals surface area (Å²) >= 11 is 5.27. The van der Waals surface area contributed by atoms with Gasteiger partial charge in [0.2, 0.25) is 5.12 Å². The van der Waals surface area contributed by atoms with Gasteiger partial charge in [-0.05, 0) is 232 Å². The number of nitrogens with zero attached hydrogens (tertiary/aromatic N) is 1. The summed E-state index contributed by atoms with van der Waals surface area (Å²) in [5, 5.41) is 8.14. The Bertz CT molecular complexity index is 3810. The number of thioether (sulfide) groups is 3. The lowest BCUT2D eigenvalue weighted by Gasteiger charge is -2.08. The van der Waals surface area contributed by atoms with Gasteiger partial charge in [0.15, 0.2) is 18.4 Å². The van der Waals surface area contributed by atoms with E-state index < -0.39 is 0 Å². The van der Waals surface area contributed by atoms with E-state index in [0.717, 1.165) is 52.5 Å². The van der Waals surface area contributed by atoms with Gasteiger partial charge in [-0.15, -0.1) is 11.8 Å². The maximum atomic E-state index is 11.5. The Kier molecular flexibility index (Phi) is 56.3. The molecule has 9 aromatic carbocycles. The lowest BCUT2D eigenvalue weighted by Crippen LogP contribution is -2.34. The number of benzene rings is 9. The van der Waals surface area contributed by atoms with Gasteiger partial charge in [0.1, 0.15) is 5.75 Å². The third-order valence-electron chi connectivity index (χ3n) is 16.4. The number of aryl methyl sites for hydroxylation is 10. The number of hydrogen-bond donors (Lipinski definition) is 2. The molecule has 0 aliphatic carbocycles. The second-order valence-electron chi connectivity index (χ2n) is 32.8. The van der Waals surface area contributed by atoms with E-state index in [1.807, 2.05) is 186 Å². The monoisotopic (exact) mass is 1660 g/mol. The molecule has 1 aromatic heterocycles. The largest absolute Gasteiger partial charge is 0.491 e. The fraction of sp³-hybridized carbons (Fsp3) is 0.415. The predicted octanol–water partition coefficient (Wildman–Crippen LogP) is 28.4. The molecule has 1 amide bonds. The van der Waals surface area contributed by atoms with E-state index in [1.165, 1.54) is 95.4 Å². The number of hydrogen-bond acceptors (Lipinski definition) is 10. The highest BCUT2D eigenvalue weighted by Gasteiger charge is 2.11. The maximum absolute atomic E-state index is 11.5. The minimum Gasteiger partial charge on any atom is -0.491 e. The van der Waals surface area contributed by atoms with E-state index in [9.17, 15) is 14.4 Å². The zero-order chi connectivity index (χ0) is 88.8. The lowest BCUT2D eigenvalue weighted by molar-refractivity contribution is -0.716. The number of esters is 1. The van der Waals surface area contributed by atoms with E-state index in [-0.39, 0.29) is 35.2 Å². The minimum absolute atomic E-state index is 0.00463. The number of rotatable bonds is 22. The first-order valence-corrected chi connectivity index (χ1v) is 44.9. The van der Waals surface area contributed by atoms with Crippen LogP contribution in [-0.4, -0.2) is 63.1 Å². The Morgan fingerprint density at radius 1 is 0.356 bits per heavy atom. The SMILES string of the molecule is Cc1cc[n+](C(C)C)cc1.Cc1ccc(C(=O)NC(C)C)cc1.Cc1ccc(C(=O)OC(C)C)cc1.Cc1ccc(C(=O)SC(C)C)cc1.Cc1ccc(CC(C)C)cc1.Cc1ccc(CNC(C)C)cc1.Cc1ccc(COC(C)C)cc1.Cc1ccc(CSC(C)C)cc1.Cc1ccc(OC(C)C)cc1.Cc1ccc(SC(C)C)cc1. The van der Waals surface area contributed by atoms with Crippen LogP contribution in [0, 0.1) is 75.2 Å². The molecule has 0 aliphatic rings. The number of carbonyl (C=O) groups excluding carboxylic acids is 3. The summed E-state index contributed by atoms with van der Waals surface area (Å²) in [7, 11) is 0. The molecule has 12 heteroatoms. The zero-order valence-corrected chi connectivity index (χ0v) is 80.3. The Hall–Kier alpha value is -8.49. The first-order valence-electron chi connectivity index (χ1n) is 42.1. The second-order valence-corrected chi connectivity index (χ2v) is 37.6. The van der Waals surface area contributed by atoms with Crippen molar-refractivity contribution in [3.63, 3.8) is 0 Å². The summed E-state index contributed by atoms with van der Waals surface area (Å²) in [5.41, 5.74) is 20.3. The normalized spacial score (nSPS) is 10.4. The van der Waals surface area contributed by atoms with Crippen LogP contribution < -0.4 is 19.9 Å². The van der Waals surface area contributed by atoms with Crippen molar-refractivity contribution in [1.29, 1.82) is 0 Å². The Morgan fingerprint density at radius 3 is 1.08 bits per heavy atom. The lowest BCUT2D eigenvalue weighted by atomic mass is 10.0. The third-order valence-corrected chi connectivity index (χ3v) is 19.5. The van der Waals surface area contributed by atoms with Crippen LogP contribution in [0.5, 0.6) is 5.75 Å². The highest BCUT2D eigenvalue weighted by atomic mass is 32.2. The van der Waals surface area contributed by atoms with Gasteiger partial charge in [-0.3, -0.25) is 9.59 Å². The molecule has 0 radical (unpaired) electrons. The fourth-order valence-electron chi connectivity index (χ4n) is 9.75. The average Bonchev–Trinajstić information content (AvgIpc) is 0.897. The Balaban J connectivity index is 0.000000656. The first-order chi connectivity index (χ1) is 55.6. The molecule has 0 saturated carbocycles. The van der Waals surface area contributed by atoms with Gasteiger partial charge in [0.05, 0.1) is 30.5 Å². The number of carbonyl (C=O) groups is 3. The minimum atomic E-state index is -0.255. The van der Waals surface area contributed by atoms with E-state index >= 15 is 0 Å². The van der Waals surface area contributed by atoms with Crippen LogP contribution in [0.15, 0.2) is 248 Å². The van der Waals surface area contributed by atoms with E-state index in [1.54, 1.807) is 12.1 Å². The number of pyridine rings is 1. The van der Waals surface area contributed by atoms with Gasteiger partial charge in [-0.1, -0.05) is 301 Å². The summed E-state index contributed by atoms with van der Waals surface area (Å²) in [5.74, 6) is 2.59. The fourth-order valence-corrected chi connectivity index (χ4v) is 12.0. The molecule has 2 N–H and O–H groups in total. The summed E-state index contributed by atoms with van der Waals surface area (Å²) in [6.07, 6.45) is 5.93. The van der Waals surface area contributed by atoms with Gasteiger partial charge in [-0.25, -0.2) is 9.36 Å². The van der Waals surface area contributed by atoms with Crippen molar-refractivity contribution in [2.75, 3.05) is 0 Å². The van der Waals surface area contributed by atoms with Crippen molar-refractivity contribution in [2.24, 2.45) is 5.92 Å². The number of ether oxygens (including phenoxy) is 3. The van der Waals surface area contributed by atoms with E-state index in [4.69, 9.17) is 14.2 Å². The molecule has 0 fully saturated rings. The van der Waals surface area contributed by atoms with E-state index in [0.29, 0.717) is 34.3 Å². The van der Waals surface area contributed by atoms with Crippen LogP contribution in [0.2, 0.25) is 0 Å². The van der Waals surface area contributed by atoms with Crippen molar-refractivity contribution < 1.29 is 33.2 Å². The van der Waals surface area contributed by atoms with Crippen molar-refractivity contribution in [2.45, 2.75) is 290 Å². The number of aromatic nitrogens is 1. The quantitative estimate of drug-likeness (QED) is 0.0387. The van der Waals surface area contributed by atoms with Crippen LogP contribution in [0.3, 0.4) is 0 Å². The van der Waals surface area contributed by atoms with E-state index in [2.05, 4.69) is 291 Å². The molecule has 9 nitrogen and oxygen atoms in total. The standard InChI is InChI=1S/C11H15NO.C11H17N.C11H14O2.C11H14OS.C11H16O.C11H16S.C11H16.C10H14O.C10H14S.C9H14N/c1-8(2)12-11(13)10-6-4-9(3)5-7-10;1-9(2)12-8-11-6-4-10(3)5-7-11;2*1-8(2)13-11(12)10-6-4-9(3)5-7-10;2*1-9(2)12-8-11-6-4-10(3)5-7-11;1-9(2)8-11-6-4-10(3)5-7-11;2*1-8(2)11-10-6-4-9(3)5-7-10;1-8(2)10-6-4-9(3)5-7-10/h4-8H,1-3H3,(H,12,13);4-7,9,12H,8H2,1-3H3;2*4-8H,1-3H3;2*4-7,9H,8H2,1-3H3;4-7,9H,8H2,1-3H3;2*4-8H,1-3H3;4-8H,1-3H3/q;;;;;;;;;+1. The summed E-state index contributed by atoms with van der Waals surface area (Å²) in [4.78, 5) is 35.7. The smallest absolute Gasteiger partial charge is 0.338 e. The van der Waals surface area contributed by atoms with Crippen molar-refractivity contribution in [1.82, 2.24) is 10.6 Å². The molecule has 0 bridgehead atoms. The van der Waals surface area contributed by atoms with Gasteiger partial charge in [-0.2, -0.15) is 11.8 Å². The highest BCUT2D eigenvalue weighted by molar-refractivity contribution is 8.14. The number of nitrogens with one attached hydrogen (secondary N) is 2. The molecular formula is C106H150N3O6S3+. The molecule has 0 atom stereocenters. The summed E-state index contributed by atoms with van der Waals surface area (Å²) in [6.45, 7) is 64.3. The molecule has 0 saturated heterocycles. The molecule has 0 spiro atoms. The average molecular weight is 1660 g/mol. The van der Waals surface area contributed by atoms with Crippen molar-refractivity contribution >= 4 is 52.3 Å². The van der Waals surface area contributed by atoms with Crippen molar-refractivity contribution in [3.05, 3.63) is 337 Å². The maximum Gasteiger partial charge on any atom is 0.338 e. The predicted molar refractivity (Wildman–Crippen MR) is 516 cm³/mol. The molecule has 10 aromatic rings. The Morgan fingerprint density at radius 2 is 0.720 bits per heavy atom. The van der Waals surface area contributed by atoms with Gasteiger partial charge >= 0.3 is 5.97 Å². The Labute approximate surface area is 730 Å². The molecule has 1 heterocycles. The van der Waals surface area contributed by atoms with Crippen LogP contribution in [-0.2, 0) is 34.8 Å². The molecular weight excluding hydrogens is 1510 g/mol. The number of amides is 1. The van der Waals surface area contributed by atoms with Gasteiger partial charge in [0, 0.05) is 63.0 Å².